The number of sulfonamides is 1. The Hall–Kier alpha value is -3.24. The van der Waals surface area contributed by atoms with Crippen LogP contribution in [0.15, 0.2) is 51.9 Å². The minimum absolute atomic E-state index is 0.0240. The van der Waals surface area contributed by atoms with E-state index in [0.29, 0.717) is 48.2 Å². The third kappa shape index (κ3) is 4.07. The molecule has 0 saturated carbocycles. The largest absolute Gasteiger partial charge is 0.482 e. The summed E-state index contributed by atoms with van der Waals surface area (Å²) >= 11 is 0. The summed E-state index contributed by atoms with van der Waals surface area (Å²) in [4.78, 5) is 18.7. The second kappa shape index (κ2) is 8.84. The van der Waals surface area contributed by atoms with Crippen molar-refractivity contribution in [2.45, 2.75) is 37.5 Å². The number of aromatic nitrogens is 2. The van der Waals surface area contributed by atoms with Gasteiger partial charge in [-0.2, -0.15) is 9.29 Å². The fourth-order valence-corrected chi connectivity index (χ4v) is 5.95. The summed E-state index contributed by atoms with van der Waals surface area (Å²) in [6.07, 6.45) is 1.47. The number of carbonyl (C=O) groups excluding carboxylic acids is 1. The van der Waals surface area contributed by atoms with Gasteiger partial charge in [0, 0.05) is 25.2 Å². The predicted molar refractivity (Wildman–Crippen MR) is 125 cm³/mol. The number of ether oxygens (including phenoxy) is 1. The van der Waals surface area contributed by atoms with Crippen LogP contribution >= 0.6 is 0 Å². The van der Waals surface area contributed by atoms with Crippen molar-refractivity contribution in [3.8, 4) is 17.1 Å². The number of amides is 1. The molecule has 1 amide bonds. The molecule has 0 bridgehead atoms. The predicted octanol–water partition coefficient (Wildman–Crippen LogP) is 3.36. The van der Waals surface area contributed by atoms with Crippen molar-refractivity contribution in [1.29, 1.82) is 0 Å². The number of nitrogens with zero attached hydrogens (tertiary/aromatic N) is 4. The van der Waals surface area contributed by atoms with Gasteiger partial charge in [0.2, 0.25) is 21.7 Å². The van der Waals surface area contributed by atoms with Gasteiger partial charge in [-0.15, -0.1) is 0 Å². The van der Waals surface area contributed by atoms with Gasteiger partial charge in [0.25, 0.3) is 5.91 Å². The Morgan fingerprint density at radius 1 is 1.15 bits per heavy atom. The fourth-order valence-electron chi connectivity index (χ4n) is 4.43. The van der Waals surface area contributed by atoms with E-state index in [2.05, 4.69) is 10.1 Å². The van der Waals surface area contributed by atoms with Gasteiger partial charge < -0.3 is 14.2 Å². The van der Waals surface area contributed by atoms with Crippen LogP contribution in [0.3, 0.4) is 0 Å². The van der Waals surface area contributed by atoms with Gasteiger partial charge in [0.15, 0.2) is 6.61 Å². The molecule has 3 aromatic rings. The quantitative estimate of drug-likeness (QED) is 0.549. The molecule has 0 aliphatic carbocycles. The third-order valence-corrected chi connectivity index (χ3v) is 8.19. The lowest BCUT2D eigenvalue weighted by Crippen LogP contribution is -2.39. The molecule has 3 heterocycles. The molecule has 1 aromatic heterocycles. The molecule has 2 aliphatic heterocycles. The van der Waals surface area contributed by atoms with Crippen molar-refractivity contribution < 1.29 is 22.5 Å². The van der Waals surface area contributed by atoms with Crippen molar-refractivity contribution in [3.63, 3.8) is 0 Å². The molecular formula is C24H26N4O5S. The summed E-state index contributed by atoms with van der Waals surface area (Å²) in [5, 5.41) is 4.14. The Kier molecular flexibility index (Phi) is 5.86. The first-order valence-electron chi connectivity index (χ1n) is 11.3. The molecule has 178 valence electrons. The van der Waals surface area contributed by atoms with Gasteiger partial charge in [-0.1, -0.05) is 22.9 Å². The van der Waals surface area contributed by atoms with Crippen LogP contribution in [0.4, 0.5) is 5.69 Å². The van der Waals surface area contributed by atoms with Gasteiger partial charge >= 0.3 is 0 Å². The molecule has 10 heteroatoms. The SMILES string of the molecule is CCN1C(=O)COc2ccc(-c3noc([C@H]4CCCN(S(=O)(=O)c5ccc(C)cc5)C4)n3)cc21. The summed E-state index contributed by atoms with van der Waals surface area (Å²) in [6, 6.07) is 12.3. The highest BCUT2D eigenvalue weighted by molar-refractivity contribution is 7.89. The van der Waals surface area contributed by atoms with Crippen LogP contribution in [0.1, 0.15) is 37.1 Å². The van der Waals surface area contributed by atoms with Crippen LogP contribution in [-0.2, 0) is 14.8 Å². The minimum Gasteiger partial charge on any atom is -0.482 e. The van der Waals surface area contributed by atoms with Gasteiger partial charge in [-0.25, -0.2) is 8.42 Å². The topological polar surface area (TPSA) is 106 Å². The van der Waals surface area contributed by atoms with Crippen molar-refractivity contribution >= 4 is 21.6 Å². The van der Waals surface area contributed by atoms with Gasteiger partial charge in [-0.3, -0.25) is 4.79 Å². The van der Waals surface area contributed by atoms with Gasteiger partial charge in [-0.05, 0) is 57.0 Å². The van der Waals surface area contributed by atoms with E-state index in [9.17, 15) is 13.2 Å². The van der Waals surface area contributed by atoms with Crippen molar-refractivity contribution in [2.75, 3.05) is 31.1 Å². The Balaban J connectivity index is 1.37. The average molecular weight is 483 g/mol. The molecule has 1 fully saturated rings. The first-order chi connectivity index (χ1) is 16.4. The Morgan fingerprint density at radius 2 is 1.94 bits per heavy atom. The Bertz CT molecular complexity index is 1320. The number of carbonyl (C=O) groups is 1. The number of likely N-dealkylation sites (N-methyl/N-ethyl adjacent to an activating group) is 1. The zero-order valence-corrected chi connectivity index (χ0v) is 19.9. The number of rotatable bonds is 5. The lowest BCUT2D eigenvalue weighted by Gasteiger charge is -2.30. The van der Waals surface area contributed by atoms with Crippen LogP contribution in [0.5, 0.6) is 5.75 Å². The molecule has 5 rings (SSSR count). The summed E-state index contributed by atoms with van der Waals surface area (Å²) in [6.45, 7) is 5.13. The van der Waals surface area contributed by atoms with Crippen LogP contribution in [0, 0.1) is 6.92 Å². The first kappa shape index (κ1) is 22.5. The fraction of sp³-hybridized carbons (Fsp3) is 0.375. The zero-order valence-electron chi connectivity index (χ0n) is 19.1. The van der Waals surface area contributed by atoms with E-state index in [1.807, 2.05) is 26.0 Å². The van der Waals surface area contributed by atoms with E-state index in [4.69, 9.17) is 9.26 Å². The number of benzene rings is 2. The summed E-state index contributed by atoms with van der Waals surface area (Å²) < 4.78 is 38.9. The molecular weight excluding hydrogens is 456 g/mol. The van der Waals surface area contributed by atoms with Gasteiger partial charge in [0.1, 0.15) is 5.75 Å². The number of hydrogen-bond donors (Lipinski definition) is 0. The molecule has 34 heavy (non-hydrogen) atoms. The van der Waals surface area contributed by atoms with E-state index in [0.717, 1.165) is 12.0 Å². The number of piperidine rings is 1. The molecule has 1 atom stereocenters. The number of aryl methyl sites for hydroxylation is 1. The summed E-state index contributed by atoms with van der Waals surface area (Å²) in [5.41, 5.74) is 2.38. The maximum Gasteiger partial charge on any atom is 0.265 e. The highest BCUT2D eigenvalue weighted by atomic mass is 32.2. The molecule has 0 radical (unpaired) electrons. The van der Waals surface area contributed by atoms with Crippen LogP contribution in [-0.4, -0.2) is 55.0 Å². The first-order valence-corrected chi connectivity index (χ1v) is 12.8. The maximum absolute atomic E-state index is 13.1. The third-order valence-electron chi connectivity index (χ3n) is 6.31. The molecule has 9 nitrogen and oxygen atoms in total. The van der Waals surface area contributed by atoms with Crippen LogP contribution in [0.2, 0.25) is 0 Å². The van der Waals surface area contributed by atoms with Crippen molar-refractivity contribution in [1.82, 2.24) is 14.4 Å². The van der Waals surface area contributed by atoms with E-state index in [1.54, 1.807) is 35.2 Å². The molecule has 0 N–H and O–H groups in total. The normalized spacial score (nSPS) is 19.1. The van der Waals surface area contributed by atoms with Crippen molar-refractivity contribution in [3.05, 3.63) is 53.9 Å². The van der Waals surface area contributed by atoms with E-state index < -0.39 is 10.0 Å². The standard InChI is InChI=1S/C24H26N4O5S/c1-3-28-20-13-17(8-11-21(20)32-15-22(28)29)23-25-24(33-26-23)18-5-4-12-27(14-18)34(30,31)19-9-6-16(2)7-10-19/h6-11,13,18H,3-5,12,14-15H2,1-2H3/t18-/m0/s1. The molecule has 0 spiro atoms. The average Bonchev–Trinajstić information content (AvgIpc) is 3.34. The summed E-state index contributed by atoms with van der Waals surface area (Å²) in [5.74, 6) is 1.16. The minimum atomic E-state index is -3.60. The van der Waals surface area contributed by atoms with Crippen LogP contribution in [0.25, 0.3) is 11.4 Å². The Labute approximate surface area is 198 Å². The lowest BCUT2D eigenvalue weighted by atomic mass is 10.00. The smallest absolute Gasteiger partial charge is 0.265 e. The van der Waals surface area contributed by atoms with Crippen LogP contribution < -0.4 is 9.64 Å². The zero-order chi connectivity index (χ0) is 23.9. The second-order valence-corrected chi connectivity index (χ2v) is 10.5. The second-order valence-electron chi connectivity index (χ2n) is 8.58. The number of hydrogen-bond acceptors (Lipinski definition) is 7. The molecule has 2 aliphatic rings. The molecule has 1 saturated heterocycles. The number of fused-ring (bicyclic) bond motifs is 1. The maximum atomic E-state index is 13.1. The molecule has 0 unspecified atom stereocenters. The van der Waals surface area contributed by atoms with E-state index >= 15 is 0 Å². The number of anilines is 1. The highest BCUT2D eigenvalue weighted by Crippen LogP contribution is 2.36. The van der Waals surface area contributed by atoms with E-state index in [1.165, 1.54) is 4.31 Å². The highest BCUT2D eigenvalue weighted by Gasteiger charge is 2.33. The van der Waals surface area contributed by atoms with Gasteiger partial charge in [0.05, 0.1) is 16.5 Å². The monoisotopic (exact) mass is 482 g/mol. The van der Waals surface area contributed by atoms with E-state index in [-0.39, 0.29) is 29.9 Å². The molecule has 2 aromatic carbocycles. The summed E-state index contributed by atoms with van der Waals surface area (Å²) in [7, 11) is -3.60. The lowest BCUT2D eigenvalue weighted by molar-refractivity contribution is -0.121. The van der Waals surface area contributed by atoms with Crippen molar-refractivity contribution in [2.24, 2.45) is 0 Å². The Morgan fingerprint density at radius 3 is 2.71 bits per heavy atom.